The minimum absolute atomic E-state index is 0.300. The van der Waals surface area contributed by atoms with Crippen LogP contribution in [0.5, 0.6) is 0 Å². The summed E-state index contributed by atoms with van der Waals surface area (Å²) in [6, 6.07) is 4.41. The summed E-state index contributed by atoms with van der Waals surface area (Å²) in [5.74, 6) is 1.11. The van der Waals surface area contributed by atoms with E-state index in [4.69, 9.17) is 0 Å². The predicted octanol–water partition coefficient (Wildman–Crippen LogP) is 1.72. The van der Waals surface area contributed by atoms with Crippen molar-refractivity contribution in [1.82, 2.24) is 24.8 Å². The lowest BCUT2D eigenvalue weighted by molar-refractivity contribution is 0.143. The van der Waals surface area contributed by atoms with Crippen molar-refractivity contribution in [2.75, 3.05) is 19.6 Å². The molecule has 2 aromatic heterocycles. The molecule has 3 rings (SSSR count). The van der Waals surface area contributed by atoms with Gasteiger partial charge < -0.3 is 9.88 Å². The van der Waals surface area contributed by atoms with E-state index in [1.54, 1.807) is 0 Å². The molecule has 1 atom stereocenters. The fraction of sp³-hybridized carbons (Fsp3) is 0.429. The van der Waals surface area contributed by atoms with Crippen LogP contribution in [0.25, 0.3) is 0 Å². The number of hydrogen-bond acceptors (Lipinski definition) is 4. The highest BCUT2D eigenvalue weighted by Gasteiger charge is 2.26. The average Bonchev–Trinajstić information content (AvgIpc) is 2.88. The molecule has 0 aromatic carbocycles. The molecule has 0 aliphatic carbocycles. The van der Waals surface area contributed by atoms with Crippen LogP contribution in [-0.4, -0.2) is 39.1 Å². The van der Waals surface area contributed by atoms with Crippen molar-refractivity contribution in [3.8, 4) is 0 Å². The molecule has 0 amide bonds. The number of halogens is 1. The average molecular weight is 336 g/mol. The Morgan fingerprint density at radius 3 is 3.00 bits per heavy atom. The third-order valence-electron chi connectivity index (χ3n) is 3.66. The van der Waals surface area contributed by atoms with Gasteiger partial charge in [-0.3, -0.25) is 9.88 Å². The van der Waals surface area contributed by atoms with Crippen LogP contribution in [0.4, 0.5) is 0 Å². The van der Waals surface area contributed by atoms with Crippen LogP contribution in [0.15, 0.2) is 35.2 Å². The van der Waals surface area contributed by atoms with E-state index in [2.05, 4.69) is 46.7 Å². The first-order valence-electron chi connectivity index (χ1n) is 6.76. The summed E-state index contributed by atoms with van der Waals surface area (Å²) in [5.41, 5.74) is 1.09. The lowest BCUT2D eigenvalue weighted by Gasteiger charge is -2.35. The highest BCUT2D eigenvalue weighted by Crippen LogP contribution is 2.22. The zero-order valence-electron chi connectivity index (χ0n) is 11.5. The number of rotatable bonds is 3. The normalized spacial score (nSPS) is 20.2. The van der Waals surface area contributed by atoms with Gasteiger partial charge in [-0.15, -0.1) is 0 Å². The van der Waals surface area contributed by atoms with E-state index in [9.17, 15) is 0 Å². The number of nitrogens with zero attached hydrogens (tertiary/aromatic N) is 4. The zero-order chi connectivity index (χ0) is 13.9. The van der Waals surface area contributed by atoms with Gasteiger partial charge in [0.25, 0.3) is 0 Å². The van der Waals surface area contributed by atoms with Gasteiger partial charge in [0.2, 0.25) is 0 Å². The molecule has 1 aliphatic heterocycles. The summed E-state index contributed by atoms with van der Waals surface area (Å²) in [6.07, 6.45) is 5.72. The van der Waals surface area contributed by atoms with Gasteiger partial charge >= 0.3 is 0 Å². The van der Waals surface area contributed by atoms with E-state index in [0.29, 0.717) is 6.04 Å². The summed E-state index contributed by atoms with van der Waals surface area (Å²) in [5, 5.41) is 3.45. The van der Waals surface area contributed by atoms with Crippen LogP contribution in [-0.2, 0) is 13.6 Å². The predicted molar refractivity (Wildman–Crippen MR) is 81.2 cm³/mol. The van der Waals surface area contributed by atoms with Crippen LogP contribution in [0.2, 0.25) is 0 Å². The molecule has 1 fully saturated rings. The van der Waals surface area contributed by atoms with Crippen molar-refractivity contribution in [2.45, 2.75) is 12.6 Å². The number of pyridine rings is 1. The van der Waals surface area contributed by atoms with Crippen molar-refractivity contribution in [3.63, 3.8) is 0 Å². The molecule has 0 spiro atoms. The van der Waals surface area contributed by atoms with Crippen LogP contribution in [0, 0.1) is 0 Å². The highest BCUT2D eigenvalue weighted by atomic mass is 79.9. The second kappa shape index (κ2) is 6.03. The van der Waals surface area contributed by atoms with Gasteiger partial charge in [-0.2, -0.15) is 0 Å². The molecular weight excluding hydrogens is 318 g/mol. The molecule has 1 unspecified atom stereocenters. The quantitative estimate of drug-likeness (QED) is 0.927. The molecule has 0 saturated carbocycles. The topological polar surface area (TPSA) is 46.0 Å². The lowest BCUT2D eigenvalue weighted by atomic mass is 10.1. The summed E-state index contributed by atoms with van der Waals surface area (Å²) >= 11 is 3.42. The van der Waals surface area contributed by atoms with E-state index >= 15 is 0 Å². The Labute approximate surface area is 127 Å². The number of imidazole rings is 1. The number of nitrogens with one attached hydrogen (secondary N) is 1. The number of aromatic nitrogens is 3. The second-order valence-electron chi connectivity index (χ2n) is 5.05. The maximum Gasteiger partial charge on any atom is 0.127 e. The summed E-state index contributed by atoms with van der Waals surface area (Å²) in [6.45, 7) is 3.81. The van der Waals surface area contributed by atoms with Gasteiger partial charge in [0, 0.05) is 56.3 Å². The summed E-state index contributed by atoms with van der Waals surface area (Å²) < 4.78 is 3.11. The Bertz CT molecular complexity index is 565. The van der Waals surface area contributed by atoms with Gasteiger partial charge in [-0.05, 0) is 28.1 Å². The SMILES string of the molecule is Cn1ccnc1C1CNCCN1Cc1ccc(Br)cn1. The Hall–Kier alpha value is -1.24. The largest absolute Gasteiger partial charge is 0.337 e. The first kappa shape index (κ1) is 13.7. The molecule has 3 heterocycles. The second-order valence-corrected chi connectivity index (χ2v) is 5.97. The zero-order valence-corrected chi connectivity index (χ0v) is 13.0. The maximum absolute atomic E-state index is 4.50. The Morgan fingerprint density at radius 1 is 1.40 bits per heavy atom. The van der Waals surface area contributed by atoms with Gasteiger partial charge in [-0.25, -0.2) is 4.98 Å². The first-order chi connectivity index (χ1) is 9.74. The summed E-state index contributed by atoms with van der Waals surface area (Å²) in [4.78, 5) is 11.4. The lowest BCUT2D eigenvalue weighted by Crippen LogP contribution is -2.46. The fourth-order valence-corrected chi connectivity index (χ4v) is 2.83. The van der Waals surface area contributed by atoms with E-state index in [1.165, 1.54) is 0 Å². The van der Waals surface area contributed by atoms with Gasteiger partial charge in [0.1, 0.15) is 5.82 Å². The number of hydrogen-bond donors (Lipinski definition) is 1. The molecule has 1 saturated heterocycles. The third-order valence-corrected chi connectivity index (χ3v) is 4.13. The van der Waals surface area contributed by atoms with Crippen LogP contribution < -0.4 is 5.32 Å². The molecule has 106 valence electrons. The van der Waals surface area contributed by atoms with Crippen molar-refractivity contribution in [3.05, 3.63) is 46.7 Å². The molecule has 5 nitrogen and oxygen atoms in total. The van der Waals surface area contributed by atoms with Crippen molar-refractivity contribution in [1.29, 1.82) is 0 Å². The fourth-order valence-electron chi connectivity index (χ4n) is 2.60. The molecule has 20 heavy (non-hydrogen) atoms. The number of piperazine rings is 1. The Morgan fingerprint density at radius 2 is 2.30 bits per heavy atom. The van der Waals surface area contributed by atoms with Crippen molar-refractivity contribution < 1.29 is 0 Å². The van der Waals surface area contributed by atoms with Crippen molar-refractivity contribution in [2.24, 2.45) is 7.05 Å². The maximum atomic E-state index is 4.50. The van der Waals surface area contributed by atoms with Crippen LogP contribution in [0.3, 0.4) is 0 Å². The van der Waals surface area contributed by atoms with Crippen LogP contribution in [0.1, 0.15) is 17.6 Å². The van der Waals surface area contributed by atoms with Gasteiger partial charge in [0.05, 0.1) is 11.7 Å². The van der Waals surface area contributed by atoms with Crippen molar-refractivity contribution >= 4 is 15.9 Å². The Kier molecular flexibility index (Phi) is 4.14. The molecular formula is C14H18BrN5. The highest BCUT2D eigenvalue weighted by molar-refractivity contribution is 9.10. The third kappa shape index (κ3) is 2.92. The molecule has 6 heteroatoms. The molecule has 0 radical (unpaired) electrons. The van der Waals surface area contributed by atoms with E-state index in [1.807, 2.05) is 31.7 Å². The standard InChI is InChI=1S/C14H18BrN5/c1-19-6-5-17-14(19)13-9-16-4-7-20(13)10-12-3-2-11(15)8-18-12/h2-3,5-6,8,13,16H,4,7,9-10H2,1H3. The minimum atomic E-state index is 0.300. The summed E-state index contributed by atoms with van der Waals surface area (Å²) in [7, 11) is 2.05. The minimum Gasteiger partial charge on any atom is -0.337 e. The smallest absolute Gasteiger partial charge is 0.127 e. The van der Waals surface area contributed by atoms with E-state index in [-0.39, 0.29) is 0 Å². The Balaban J connectivity index is 1.79. The molecule has 1 aliphatic rings. The van der Waals surface area contributed by atoms with Gasteiger partial charge in [0.15, 0.2) is 0 Å². The van der Waals surface area contributed by atoms with Gasteiger partial charge in [-0.1, -0.05) is 0 Å². The number of aryl methyl sites for hydroxylation is 1. The molecule has 0 bridgehead atoms. The van der Waals surface area contributed by atoms with Crippen LogP contribution >= 0.6 is 15.9 Å². The van der Waals surface area contributed by atoms with E-state index < -0.39 is 0 Å². The monoisotopic (exact) mass is 335 g/mol. The molecule has 1 N–H and O–H groups in total. The molecule has 2 aromatic rings. The van der Waals surface area contributed by atoms with E-state index in [0.717, 1.165) is 42.2 Å². The first-order valence-corrected chi connectivity index (χ1v) is 7.56.